The first kappa shape index (κ1) is 20.8. The van der Waals surface area contributed by atoms with Crippen molar-refractivity contribution in [2.45, 2.75) is 0 Å². The average Bonchev–Trinajstić information content (AvgIpc) is 2.84. The summed E-state index contributed by atoms with van der Waals surface area (Å²) >= 11 is 0. The third-order valence-electron chi connectivity index (χ3n) is 4.59. The molecule has 4 rings (SSSR count). The van der Waals surface area contributed by atoms with Crippen LogP contribution < -0.4 is 14.9 Å². The van der Waals surface area contributed by atoms with Gasteiger partial charge in [-0.1, -0.05) is 48.5 Å². The summed E-state index contributed by atoms with van der Waals surface area (Å²) in [4.78, 5) is 24.0. The molecule has 158 valence electrons. The number of hydrazone groups is 1. The Balaban J connectivity index is 1.25. The van der Waals surface area contributed by atoms with Crippen LogP contribution in [0, 0.1) is 0 Å². The fourth-order valence-electron chi connectivity index (χ4n) is 2.98. The van der Waals surface area contributed by atoms with Gasteiger partial charge in [0.05, 0.1) is 11.8 Å². The molecule has 0 aliphatic heterocycles. The molecule has 0 aliphatic carbocycles. The second-order valence-corrected chi connectivity index (χ2v) is 6.92. The topological polar surface area (TPSA) is 77.0 Å². The number of nitrogens with one attached hydrogen (secondary N) is 1. The second kappa shape index (κ2) is 10.0. The van der Waals surface area contributed by atoms with Crippen molar-refractivity contribution in [3.8, 4) is 11.5 Å². The van der Waals surface area contributed by atoms with Crippen LogP contribution in [-0.2, 0) is 4.79 Å². The SMILES string of the molecule is O=C(COc1ccc2ccccc2c1)N/N=C/c1ccc(OC(=O)c2ccccc2)cc1. The number of carbonyl (C=O) groups is 2. The molecule has 32 heavy (non-hydrogen) atoms. The number of hydrogen-bond acceptors (Lipinski definition) is 5. The van der Waals surface area contributed by atoms with Gasteiger partial charge >= 0.3 is 5.97 Å². The minimum absolute atomic E-state index is 0.149. The first-order valence-corrected chi connectivity index (χ1v) is 9.98. The van der Waals surface area contributed by atoms with E-state index in [1.807, 2.05) is 48.5 Å². The molecule has 0 spiro atoms. The van der Waals surface area contributed by atoms with Crippen LogP contribution in [0.3, 0.4) is 0 Å². The Hall–Kier alpha value is -4.45. The van der Waals surface area contributed by atoms with E-state index < -0.39 is 5.97 Å². The smallest absolute Gasteiger partial charge is 0.343 e. The molecule has 0 aliphatic rings. The molecular formula is C26H20N2O4. The van der Waals surface area contributed by atoms with Gasteiger partial charge in [-0.15, -0.1) is 0 Å². The number of benzene rings is 4. The fourth-order valence-corrected chi connectivity index (χ4v) is 2.98. The van der Waals surface area contributed by atoms with Crippen LogP contribution in [0.15, 0.2) is 102 Å². The Morgan fingerprint density at radius 2 is 1.47 bits per heavy atom. The number of ether oxygens (including phenoxy) is 2. The van der Waals surface area contributed by atoms with Gasteiger partial charge in [0, 0.05) is 0 Å². The number of rotatable bonds is 7. The molecule has 0 heterocycles. The minimum Gasteiger partial charge on any atom is -0.484 e. The molecule has 0 aromatic heterocycles. The number of amides is 1. The predicted molar refractivity (Wildman–Crippen MR) is 123 cm³/mol. The third kappa shape index (κ3) is 5.58. The lowest BCUT2D eigenvalue weighted by atomic mass is 10.1. The Labute approximate surface area is 185 Å². The highest BCUT2D eigenvalue weighted by molar-refractivity contribution is 5.91. The molecule has 0 unspecified atom stereocenters. The zero-order valence-corrected chi connectivity index (χ0v) is 17.1. The number of fused-ring (bicyclic) bond motifs is 1. The van der Waals surface area contributed by atoms with Crippen LogP contribution in [0.5, 0.6) is 11.5 Å². The maximum absolute atomic E-state index is 12.1. The molecule has 0 saturated carbocycles. The highest BCUT2D eigenvalue weighted by Crippen LogP contribution is 2.20. The van der Waals surface area contributed by atoms with E-state index in [1.54, 1.807) is 48.5 Å². The molecule has 1 N–H and O–H groups in total. The summed E-state index contributed by atoms with van der Waals surface area (Å²) in [5.41, 5.74) is 3.64. The van der Waals surface area contributed by atoms with Gasteiger partial charge in [0.25, 0.3) is 5.91 Å². The fraction of sp³-hybridized carbons (Fsp3) is 0.0385. The summed E-state index contributed by atoms with van der Waals surface area (Å²) in [5, 5.41) is 6.08. The highest BCUT2D eigenvalue weighted by atomic mass is 16.5. The predicted octanol–water partition coefficient (Wildman–Crippen LogP) is 4.59. The van der Waals surface area contributed by atoms with Crippen molar-refractivity contribution in [2.24, 2.45) is 5.10 Å². The molecule has 4 aromatic carbocycles. The van der Waals surface area contributed by atoms with Gasteiger partial charge in [-0.3, -0.25) is 4.79 Å². The van der Waals surface area contributed by atoms with Crippen LogP contribution >= 0.6 is 0 Å². The Bertz CT molecular complexity index is 1250. The molecule has 0 saturated heterocycles. The average molecular weight is 424 g/mol. The Kier molecular flexibility index (Phi) is 6.53. The van der Waals surface area contributed by atoms with E-state index in [4.69, 9.17) is 9.47 Å². The van der Waals surface area contributed by atoms with Crippen molar-refractivity contribution in [2.75, 3.05) is 6.61 Å². The van der Waals surface area contributed by atoms with Crippen LogP contribution in [0.1, 0.15) is 15.9 Å². The summed E-state index contributed by atoms with van der Waals surface area (Å²) in [5.74, 6) is 0.237. The van der Waals surface area contributed by atoms with Gasteiger partial charge in [0.15, 0.2) is 6.61 Å². The van der Waals surface area contributed by atoms with Gasteiger partial charge < -0.3 is 9.47 Å². The van der Waals surface area contributed by atoms with Gasteiger partial charge in [0.1, 0.15) is 11.5 Å². The molecule has 0 atom stereocenters. The van der Waals surface area contributed by atoms with Crippen LogP contribution in [0.2, 0.25) is 0 Å². The van der Waals surface area contributed by atoms with Gasteiger partial charge in [-0.2, -0.15) is 5.10 Å². The molecule has 0 bridgehead atoms. The van der Waals surface area contributed by atoms with Gasteiger partial charge in [-0.05, 0) is 64.9 Å². The second-order valence-electron chi connectivity index (χ2n) is 6.92. The van der Waals surface area contributed by atoms with E-state index in [2.05, 4.69) is 10.5 Å². The molecule has 6 nitrogen and oxygen atoms in total. The molecule has 1 amide bonds. The van der Waals surface area contributed by atoms with Crippen molar-refractivity contribution in [1.29, 1.82) is 0 Å². The van der Waals surface area contributed by atoms with Crippen molar-refractivity contribution in [3.05, 3.63) is 108 Å². The maximum atomic E-state index is 12.1. The van der Waals surface area contributed by atoms with E-state index in [0.717, 1.165) is 16.3 Å². The monoisotopic (exact) mass is 424 g/mol. The van der Waals surface area contributed by atoms with Crippen molar-refractivity contribution in [1.82, 2.24) is 5.43 Å². The van der Waals surface area contributed by atoms with E-state index in [1.165, 1.54) is 6.21 Å². The summed E-state index contributed by atoms with van der Waals surface area (Å²) in [6.07, 6.45) is 1.50. The van der Waals surface area contributed by atoms with E-state index in [0.29, 0.717) is 17.1 Å². The number of carbonyl (C=O) groups excluding carboxylic acids is 2. The summed E-state index contributed by atoms with van der Waals surface area (Å²) in [6.45, 7) is -0.149. The number of nitrogens with zero attached hydrogens (tertiary/aromatic N) is 1. The van der Waals surface area contributed by atoms with Crippen molar-refractivity contribution < 1.29 is 19.1 Å². The standard InChI is InChI=1S/C26H20N2O4/c29-25(18-31-24-15-12-20-6-4-5-9-22(20)16-24)28-27-17-19-10-13-23(14-11-19)32-26(30)21-7-2-1-3-8-21/h1-17H,18H2,(H,28,29)/b27-17+. The maximum Gasteiger partial charge on any atom is 0.343 e. The molecule has 0 fully saturated rings. The molecule has 6 heteroatoms. The van der Waals surface area contributed by atoms with E-state index in [9.17, 15) is 9.59 Å². The van der Waals surface area contributed by atoms with E-state index >= 15 is 0 Å². The summed E-state index contributed by atoms with van der Waals surface area (Å²) < 4.78 is 10.9. The number of esters is 1. The highest BCUT2D eigenvalue weighted by Gasteiger charge is 2.07. The van der Waals surface area contributed by atoms with Crippen molar-refractivity contribution in [3.63, 3.8) is 0 Å². The van der Waals surface area contributed by atoms with Crippen LogP contribution in [-0.4, -0.2) is 24.7 Å². The lowest BCUT2D eigenvalue weighted by molar-refractivity contribution is -0.123. The first-order valence-electron chi connectivity index (χ1n) is 9.98. The van der Waals surface area contributed by atoms with E-state index in [-0.39, 0.29) is 12.5 Å². The Morgan fingerprint density at radius 3 is 2.25 bits per heavy atom. The number of hydrogen-bond donors (Lipinski definition) is 1. The van der Waals surface area contributed by atoms with Crippen LogP contribution in [0.4, 0.5) is 0 Å². The summed E-state index contributed by atoms with van der Waals surface area (Å²) in [7, 11) is 0. The molecule has 4 aromatic rings. The quantitative estimate of drug-likeness (QED) is 0.204. The zero-order chi connectivity index (χ0) is 22.2. The normalized spacial score (nSPS) is 10.8. The van der Waals surface area contributed by atoms with Gasteiger partial charge in [0.2, 0.25) is 0 Å². The molecular weight excluding hydrogens is 404 g/mol. The van der Waals surface area contributed by atoms with Gasteiger partial charge in [-0.25, -0.2) is 10.2 Å². The largest absolute Gasteiger partial charge is 0.484 e. The lowest BCUT2D eigenvalue weighted by Crippen LogP contribution is -2.24. The Morgan fingerprint density at radius 1 is 0.781 bits per heavy atom. The zero-order valence-electron chi connectivity index (χ0n) is 17.1. The summed E-state index contributed by atoms with van der Waals surface area (Å²) in [6, 6.07) is 29.1. The first-order chi connectivity index (χ1) is 15.7. The van der Waals surface area contributed by atoms with Crippen molar-refractivity contribution >= 4 is 28.9 Å². The minimum atomic E-state index is -0.425. The lowest BCUT2D eigenvalue weighted by Gasteiger charge is -2.06. The third-order valence-corrected chi connectivity index (χ3v) is 4.59. The van der Waals surface area contributed by atoms with Crippen LogP contribution in [0.25, 0.3) is 10.8 Å². The molecule has 0 radical (unpaired) electrons.